The van der Waals surface area contributed by atoms with Gasteiger partial charge in [-0.3, -0.25) is 0 Å². The second-order valence-corrected chi connectivity index (χ2v) is 4.73. The zero-order valence-corrected chi connectivity index (χ0v) is 11.4. The summed E-state index contributed by atoms with van der Waals surface area (Å²) < 4.78 is 5.70. The lowest BCUT2D eigenvalue weighted by Gasteiger charge is -2.17. The quantitative estimate of drug-likeness (QED) is 0.916. The molecule has 1 N–H and O–H groups in total. The van der Waals surface area contributed by atoms with Gasteiger partial charge in [0.1, 0.15) is 11.9 Å². The van der Waals surface area contributed by atoms with Crippen molar-refractivity contribution >= 4 is 0 Å². The first-order valence-corrected chi connectivity index (χ1v) is 6.30. The van der Waals surface area contributed by atoms with Gasteiger partial charge in [-0.2, -0.15) is 0 Å². The number of aliphatic hydroxyl groups excluding tert-OH is 1. The van der Waals surface area contributed by atoms with Gasteiger partial charge >= 0.3 is 0 Å². The zero-order valence-electron chi connectivity index (χ0n) is 11.4. The highest BCUT2D eigenvalue weighted by atomic mass is 16.5. The van der Waals surface area contributed by atoms with Crippen molar-refractivity contribution < 1.29 is 9.84 Å². The van der Waals surface area contributed by atoms with E-state index >= 15 is 0 Å². The molecule has 0 aliphatic heterocycles. The molecule has 0 bridgehead atoms. The van der Waals surface area contributed by atoms with E-state index in [-0.39, 0.29) is 6.10 Å². The molecule has 0 radical (unpaired) electrons. The van der Waals surface area contributed by atoms with Crippen LogP contribution in [0.1, 0.15) is 36.9 Å². The maximum Gasteiger partial charge on any atom is 0.161 e. The number of aromatic nitrogens is 2. The Balaban J connectivity index is 2.32. The van der Waals surface area contributed by atoms with Crippen LogP contribution in [0.4, 0.5) is 0 Å². The van der Waals surface area contributed by atoms with E-state index in [2.05, 4.69) is 9.97 Å². The maximum atomic E-state index is 10.4. The van der Waals surface area contributed by atoms with Gasteiger partial charge in [-0.1, -0.05) is 18.2 Å². The number of ether oxygens (including phenoxy) is 1. The molecule has 19 heavy (non-hydrogen) atoms. The zero-order chi connectivity index (χ0) is 13.8. The summed E-state index contributed by atoms with van der Waals surface area (Å²) in [5.74, 6) is 1.04. The normalized spacial score (nSPS) is 12.5. The average Bonchev–Trinajstić information content (AvgIpc) is 2.39. The van der Waals surface area contributed by atoms with Gasteiger partial charge < -0.3 is 9.84 Å². The summed E-state index contributed by atoms with van der Waals surface area (Å²) in [7, 11) is 0. The Morgan fingerprint density at radius 1 is 1.11 bits per heavy atom. The first kappa shape index (κ1) is 13.5. The lowest BCUT2D eigenvalue weighted by molar-refractivity contribution is 0.191. The van der Waals surface area contributed by atoms with Crippen LogP contribution in [0.5, 0.6) is 5.75 Å². The van der Waals surface area contributed by atoms with Crippen molar-refractivity contribution in [1.29, 1.82) is 0 Å². The minimum absolute atomic E-state index is 0.0484. The van der Waals surface area contributed by atoms with Crippen LogP contribution in [-0.2, 0) is 0 Å². The Morgan fingerprint density at radius 2 is 1.74 bits per heavy atom. The fraction of sp³-hybridized carbons (Fsp3) is 0.333. The van der Waals surface area contributed by atoms with Crippen LogP contribution in [0.25, 0.3) is 0 Å². The van der Waals surface area contributed by atoms with E-state index in [4.69, 9.17) is 4.74 Å². The molecular weight excluding hydrogens is 240 g/mol. The molecule has 1 atom stereocenters. The Kier molecular flexibility index (Phi) is 4.12. The lowest BCUT2D eigenvalue weighted by Crippen LogP contribution is -2.11. The third-order valence-corrected chi connectivity index (χ3v) is 2.62. The van der Waals surface area contributed by atoms with Gasteiger partial charge in [0.2, 0.25) is 0 Å². The van der Waals surface area contributed by atoms with E-state index in [9.17, 15) is 5.11 Å². The number of para-hydroxylation sites is 1. The summed E-state index contributed by atoms with van der Waals surface area (Å²) in [6, 6.07) is 7.40. The molecule has 0 amide bonds. The number of rotatable bonds is 4. The summed E-state index contributed by atoms with van der Waals surface area (Å²) in [6.07, 6.45) is 2.55. The molecule has 0 saturated carbocycles. The van der Waals surface area contributed by atoms with Crippen molar-refractivity contribution in [2.45, 2.75) is 33.0 Å². The molecule has 2 rings (SSSR count). The van der Waals surface area contributed by atoms with E-state index in [0.717, 1.165) is 5.56 Å². The molecule has 0 aliphatic carbocycles. The molecule has 100 valence electrons. The number of nitrogens with zero attached hydrogens (tertiary/aromatic N) is 2. The minimum Gasteiger partial charge on any atom is -0.491 e. The Hall–Kier alpha value is -1.94. The summed E-state index contributed by atoms with van der Waals surface area (Å²) in [5.41, 5.74) is 1.64. The van der Waals surface area contributed by atoms with Gasteiger partial charge in [0.15, 0.2) is 5.82 Å². The predicted molar refractivity (Wildman–Crippen MR) is 73.0 cm³/mol. The molecule has 0 saturated heterocycles. The minimum atomic E-state index is -0.879. The van der Waals surface area contributed by atoms with Gasteiger partial charge in [0.25, 0.3) is 0 Å². The van der Waals surface area contributed by atoms with Gasteiger partial charge in [-0.25, -0.2) is 9.97 Å². The monoisotopic (exact) mass is 258 g/mol. The van der Waals surface area contributed by atoms with Crippen LogP contribution in [-0.4, -0.2) is 21.2 Å². The number of hydrogen-bond donors (Lipinski definition) is 1. The average molecular weight is 258 g/mol. The smallest absolute Gasteiger partial charge is 0.161 e. The van der Waals surface area contributed by atoms with Crippen LogP contribution in [0.3, 0.4) is 0 Å². The maximum absolute atomic E-state index is 10.4. The second-order valence-electron chi connectivity index (χ2n) is 4.73. The highest BCUT2D eigenvalue weighted by molar-refractivity contribution is 5.37. The first-order valence-electron chi connectivity index (χ1n) is 6.30. The van der Waals surface area contributed by atoms with Crippen LogP contribution >= 0.6 is 0 Å². The molecule has 1 heterocycles. The van der Waals surface area contributed by atoms with Crippen molar-refractivity contribution in [3.05, 3.63) is 53.6 Å². The molecule has 1 unspecified atom stereocenters. The van der Waals surface area contributed by atoms with E-state index in [1.54, 1.807) is 12.4 Å². The van der Waals surface area contributed by atoms with E-state index in [1.165, 1.54) is 0 Å². The Bertz CT molecular complexity index is 538. The van der Waals surface area contributed by atoms with Crippen LogP contribution < -0.4 is 4.74 Å². The third-order valence-electron chi connectivity index (χ3n) is 2.62. The second kappa shape index (κ2) is 5.80. The van der Waals surface area contributed by atoms with Gasteiger partial charge in [0.05, 0.1) is 6.10 Å². The highest BCUT2D eigenvalue weighted by Crippen LogP contribution is 2.28. The van der Waals surface area contributed by atoms with Crippen molar-refractivity contribution in [1.82, 2.24) is 9.97 Å². The van der Waals surface area contributed by atoms with E-state index in [1.807, 2.05) is 45.0 Å². The molecule has 0 spiro atoms. The van der Waals surface area contributed by atoms with Crippen molar-refractivity contribution in [3.63, 3.8) is 0 Å². The van der Waals surface area contributed by atoms with Crippen LogP contribution in [0.15, 0.2) is 36.7 Å². The SMILES string of the molecule is Cc1cnc(C(O)c2ccccc2OC(C)C)nc1. The molecular formula is C15H18N2O2. The lowest BCUT2D eigenvalue weighted by atomic mass is 10.1. The standard InChI is InChI=1S/C15H18N2O2/c1-10(2)19-13-7-5-4-6-12(13)14(18)15-16-8-11(3)9-17-15/h4-10,14,18H,1-3H3. The third kappa shape index (κ3) is 3.29. The summed E-state index contributed by atoms with van der Waals surface area (Å²) in [6.45, 7) is 5.81. The fourth-order valence-electron chi connectivity index (χ4n) is 1.75. The van der Waals surface area contributed by atoms with Crippen molar-refractivity contribution in [2.24, 2.45) is 0 Å². The van der Waals surface area contributed by atoms with E-state index in [0.29, 0.717) is 17.1 Å². The van der Waals surface area contributed by atoms with Gasteiger partial charge in [-0.05, 0) is 32.4 Å². The molecule has 1 aromatic heterocycles. The molecule has 4 nitrogen and oxygen atoms in total. The Labute approximate surface area is 113 Å². The first-order chi connectivity index (χ1) is 9.08. The van der Waals surface area contributed by atoms with Crippen LogP contribution in [0.2, 0.25) is 0 Å². The Morgan fingerprint density at radius 3 is 2.37 bits per heavy atom. The molecule has 4 heteroatoms. The fourth-order valence-corrected chi connectivity index (χ4v) is 1.75. The van der Waals surface area contributed by atoms with Crippen molar-refractivity contribution in [3.8, 4) is 5.75 Å². The topological polar surface area (TPSA) is 55.2 Å². The van der Waals surface area contributed by atoms with Crippen molar-refractivity contribution in [2.75, 3.05) is 0 Å². The largest absolute Gasteiger partial charge is 0.491 e. The predicted octanol–water partition coefficient (Wildman–Crippen LogP) is 2.65. The summed E-state index contributed by atoms with van der Waals surface area (Å²) in [4.78, 5) is 8.32. The molecule has 0 fully saturated rings. The number of aliphatic hydroxyl groups is 1. The number of benzene rings is 1. The van der Waals surface area contributed by atoms with Gasteiger partial charge in [0, 0.05) is 18.0 Å². The summed E-state index contributed by atoms with van der Waals surface area (Å²) in [5, 5.41) is 10.4. The molecule has 1 aromatic carbocycles. The number of hydrogen-bond acceptors (Lipinski definition) is 4. The summed E-state index contributed by atoms with van der Waals surface area (Å²) >= 11 is 0. The van der Waals surface area contributed by atoms with Gasteiger partial charge in [-0.15, -0.1) is 0 Å². The molecule has 0 aliphatic rings. The highest BCUT2D eigenvalue weighted by Gasteiger charge is 2.18. The van der Waals surface area contributed by atoms with E-state index < -0.39 is 6.10 Å². The molecule has 2 aromatic rings. The number of aryl methyl sites for hydroxylation is 1. The van der Waals surface area contributed by atoms with Crippen LogP contribution in [0, 0.1) is 6.92 Å².